The number of aromatic nitrogens is 2. The van der Waals surface area contributed by atoms with Gasteiger partial charge in [0.15, 0.2) is 5.69 Å². The van der Waals surface area contributed by atoms with Crippen molar-refractivity contribution in [3.8, 4) is 11.4 Å². The number of alkyl halides is 6. The number of nitrogens with one attached hydrogen (secondary N) is 1. The first-order chi connectivity index (χ1) is 14.5. The number of benzene rings is 2. The maximum absolute atomic E-state index is 13.6. The predicted octanol–water partition coefficient (Wildman–Crippen LogP) is 4.55. The van der Waals surface area contributed by atoms with Crippen molar-refractivity contribution in [1.29, 1.82) is 0 Å². The summed E-state index contributed by atoms with van der Waals surface area (Å²) in [6.07, 6.45) is -7.91. The van der Waals surface area contributed by atoms with Gasteiger partial charge in [0.2, 0.25) is 0 Å². The molecule has 31 heavy (non-hydrogen) atoms. The number of nitrogens with zero attached hydrogens (tertiary/aromatic N) is 3. The topological polar surface area (TPSA) is 68.5 Å². The van der Waals surface area contributed by atoms with Gasteiger partial charge in [-0.25, -0.2) is 10.1 Å². The van der Waals surface area contributed by atoms with Crippen molar-refractivity contribution in [3.63, 3.8) is 0 Å². The molecule has 1 N–H and O–H groups in total. The number of hydrazone groups is 1. The van der Waals surface area contributed by atoms with Crippen LogP contribution in [0.25, 0.3) is 5.69 Å². The van der Waals surface area contributed by atoms with E-state index in [0.717, 1.165) is 24.5 Å². The Labute approximate surface area is 170 Å². The second kappa shape index (κ2) is 8.50. The fourth-order valence-corrected chi connectivity index (χ4v) is 2.53. The van der Waals surface area contributed by atoms with Gasteiger partial charge < -0.3 is 4.74 Å². The van der Waals surface area contributed by atoms with Crippen LogP contribution in [-0.2, 0) is 6.18 Å². The molecule has 0 saturated heterocycles. The van der Waals surface area contributed by atoms with Gasteiger partial charge in [-0.2, -0.15) is 23.4 Å². The third-order valence-corrected chi connectivity index (χ3v) is 3.78. The molecule has 0 aliphatic heterocycles. The molecule has 3 aromatic rings. The number of carbonyl (C=O) groups excluding carboxylic acids is 1. The van der Waals surface area contributed by atoms with Gasteiger partial charge in [-0.05, 0) is 42.0 Å². The highest BCUT2D eigenvalue weighted by Crippen LogP contribution is 2.33. The quantitative estimate of drug-likeness (QED) is 0.358. The highest BCUT2D eigenvalue weighted by atomic mass is 19.4. The zero-order valence-electron chi connectivity index (χ0n) is 15.3. The minimum atomic E-state index is -4.88. The van der Waals surface area contributed by atoms with E-state index in [0.29, 0.717) is 4.68 Å². The molecule has 0 atom stereocenters. The maximum Gasteiger partial charge on any atom is 0.573 e. The van der Waals surface area contributed by atoms with Gasteiger partial charge in [0.05, 0.1) is 23.7 Å². The van der Waals surface area contributed by atoms with E-state index >= 15 is 0 Å². The molecule has 0 saturated carbocycles. The van der Waals surface area contributed by atoms with Gasteiger partial charge in [0.1, 0.15) is 5.75 Å². The summed E-state index contributed by atoms with van der Waals surface area (Å²) in [4.78, 5) is 12.2. The van der Waals surface area contributed by atoms with Crippen LogP contribution >= 0.6 is 0 Å². The summed E-state index contributed by atoms with van der Waals surface area (Å²) in [6, 6.07) is 11.9. The lowest BCUT2D eigenvalue weighted by molar-refractivity contribution is -0.274. The number of amides is 1. The lowest BCUT2D eigenvalue weighted by Crippen LogP contribution is -2.23. The highest BCUT2D eigenvalue weighted by molar-refractivity contribution is 5.96. The molecule has 1 heterocycles. The van der Waals surface area contributed by atoms with E-state index in [-0.39, 0.29) is 11.3 Å². The van der Waals surface area contributed by atoms with Crippen LogP contribution in [0.2, 0.25) is 0 Å². The Hall–Kier alpha value is -3.83. The molecule has 6 nitrogen and oxygen atoms in total. The minimum absolute atomic E-state index is 0.110. The summed E-state index contributed by atoms with van der Waals surface area (Å²) in [7, 11) is 0. The van der Waals surface area contributed by atoms with Crippen LogP contribution in [0.3, 0.4) is 0 Å². The van der Waals surface area contributed by atoms with Crippen LogP contribution in [0.1, 0.15) is 21.6 Å². The van der Waals surface area contributed by atoms with E-state index < -0.39 is 35.5 Å². The van der Waals surface area contributed by atoms with E-state index in [1.54, 1.807) is 6.07 Å². The van der Waals surface area contributed by atoms with Gasteiger partial charge in [0, 0.05) is 0 Å². The monoisotopic (exact) mass is 442 g/mol. The number of hydrogen-bond acceptors (Lipinski definition) is 4. The summed E-state index contributed by atoms with van der Waals surface area (Å²) in [5.41, 5.74) is 0.297. The van der Waals surface area contributed by atoms with Crippen molar-refractivity contribution >= 4 is 12.1 Å². The van der Waals surface area contributed by atoms with E-state index in [1.807, 2.05) is 5.43 Å². The SMILES string of the molecule is O=C(NN=Cc1ccc(OC(F)(F)F)cc1)c1cnn(-c2ccccc2)c1C(F)(F)F. The number of ether oxygens (including phenoxy) is 1. The van der Waals surface area contributed by atoms with Crippen molar-refractivity contribution in [2.45, 2.75) is 12.5 Å². The van der Waals surface area contributed by atoms with Crippen molar-refractivity contribution in [2.24, 2.45) is 5.10 Å². The molecule has 1 amide bonds. The summed E-state index contributed by atoms with van der Waals surface area (Å²) in [6.45, 7) is 0. The summed E-state index contributed by atoms with van der Waals surface area (Å²) in [5.74, 6) is -1.63. The molecule has 12 heteroatoms. The number of rotatable bonds is 5. The average Bonchev–Trinajstić information content (AvgIpc) is 3.15. The molecule has 3 rings (SSSR count). The lowest BCUT2D eigenvalue weighted by atomic mass is 10.2. The molecule has 0 spiro atoms. The van der Waals surface area contributed by atoms with E-state index in [4.69, 9.17) is 0 Å². The Morgan fingerprint density at radius 3 is 2.23 bits per heavy atom. The normalized spacial score (nSPS) is 12.2. The molecular weight excluding hydrogens is 430 g/mol. The first kappa shape index (κ1) is 21.9. The van der Waals surface area contributed by atoms with Crippen molar-refractivity contribution in [3.05, 3.63) is 77.6 Å². The zero-order chi connectivity index (χ0) is 22.6. The van der Waals surface area contributed by atoms with Crippen molar-refractivity contribution in [2.75, 3.05) is 0 Å². The molecular formula is C19H12F6N4O2. The Bertz CT molecular complexity index is 1070. The fourth-order valence-electron chi connectivity index (χ4n) is 2.53. The third kappa shape index (κ3) is 5.62. The van der Waals surface area contributed by atoms with Gasteiger partial charge in [-0.1, -0.05) is 18.2 Å². The van der Waals surface area contributed by atoms with Crippen LogP contribution in [0.15, 0.2) is 65.9 Å². The van der Waals surface area contributed by atoms with E-state index in [9.17, 15) is 31.1 Å². The number of halogens is 6. The predicted molar refractivity (Wildman–Crippen MR) is 96.8 cm³/mol. The van der Waals surface area contributed by atoms with Crippen LogP contribution in [0.5, 0.6) is 5.75 Å². The van der Waals surface area contributed by atoms with Gasteiger partial charge >= 0.3 is 12.5 Å². The van der Waals surface area contributed by atoms with Gasteiger partial charge in [-0.3, -0.25) is 4.79 Å². The zero-order valence-corrected chi connectivity index (χ0v) is 15.3. The smallest absolute Gasteiger partial charge is 0.406 e. The van der Waals surface area contributed by atoms with Gasteiger partial charge in [0.25, 0.3) is 5.91 Å². The van der Waals surface area contributed by atoms with Crippen LogP contribution in [-0.4, -0.2) is 28.3 Å². The molecule has 0 unspecified atom stereocenters. The number of para-hydroxylation sites is 1. The molecule has 0 radical (unpaired) electrons. The average molecular weight is 442 g/mol. The maximum atomic E-state index is 13.6. The molecule has 1 aromatic heterocycles. The first-order valence-electron chi connectivity index (χ1n) is 8.44. The standard InChI is InChI=1S/C19H12F6N4O2/c20-18(21,22)16-15(11-27-29(16)13-4-2-1-3-5-13)17(30)28-26-10-12-6-8-14(9-7-12)31-19(23,24)25/h1-11H,(H,28,30). The van der Waals surface area contributed by atoms with E-state index in [2.05, 4.69) is 14.9 Å². The molecule has 0 aliphatic rings. The lowest BCUT2D eigenvalue weighted by Gasteiger charge is -2.12. The summed E-state index contributed by atoms with van der Waals surface area (Å²) in [5, 5.41) is 7.19. The Kier molecular flexibility index (Phi) is 5.99. The molecule has 0 aliphatic carbocycles. The Morgan fingerprint density at radius 1 is 1.00 bits per heavy atom. The first-order valence-corrected chi connectivity index (χ1v) is 8.44. The second-order valence-electron chi connectivity index (χ2n) is 5.97. The third-order valence-electron chi connectivity index (χ3n) is 3.78. The van der Waals surface area contributed by atoms with Gasteiger partial charge in [-0.15, -0.1) is 13.2 Å². The number of carbonyl (C=O) groups is 1. The molecule has 0 fully saturated rings. The van der Waals surface area contributed by atoms with Crippen LogP contribution < -0.4 is 10.2 Å². The molecule has 162 valence electrons. The minimum Gasteiger partial charge on any atom is -0.406 e. The van der Waals surface area contributed by atoms with Crippen molar-refractivity contribution in [1.82, 2.24) is 15.2 Å². The van der Waals surface area contributed by atoms with Crippen LogP contribution in [0, 0.1) is 0 Å². The fraction of sp³-hybridized carbons (Fsp3) is 0.105. The number of hydrogen-bond donors (Lipinski definition) is 1. The second-order valence-corrected chi connectivity index (χ2v) is 5.97. The van der Waals surface area contributed by atoms with Crippen LogP contribution in [0.4, 0.5) is 26.3 Å². The summed E-state index contributed by atoms with van der Waals surface area (Å²) < 4.78 is 81.4. The highest BCUT2D eigenvalue weighted by Gasteiger charge is 2.40. The Balaban J connectivity index is 1.76. The van der Waals surface area contributed by atoms with E-state index in [1.165, 1.54) is 36.4 Å². The van der Waals surface area contributed by atoms with Crippen molar-refractivity contribution < 1.29 is 35.9 Å². The Morgan fingerprint density at radius 2 is 1.65 bits per heavy atom. The molecule has 0 bridgehead atoms. The molecule has 2 aromatic carbocycles. The summed E-state index contributed by atoms with van der Waals surface area (Å²) >= 11 is 0. The largest absolute Gasteiger partial charge is 0.573 e.